The Morgan fingerprint density at radius 1 is 1.25 bits per heavy atom. The van der Waals surface area contributed by atoms with Crippen molar-refractivity contribution in [1.82, 2.24) is 0 Å². The number of carbonyl (C=O) groups is 1. The molecule has 0 fully saturated rings. The molecule has 0 saturated heterocycles. The van der Waals surface area contributed by atoms with Crippen molar-refractivity contribution in [2.24, 2.45) is 0 Å². The first-order chi connectivity index (χ1) is 7.58. The van der Waals surface area contributed by atoms with E-state index in [9.17, 15) is 4.79 Å². The smallest absolute Gasteiger partial charge is 0.336 e. The van der Waals surface area contributed by atoms with Gasteiger partial charge in [-0.15, -0.1) is 11.3 Å². The molecule has 1 heterocycles. The molecule has 0 unspecified atom stereocenters. The molecule has 5 heteroatoms. The molecule has 2 rings (SSSR count). The molecule has 1 aromatic carbocycles. The summed E-state index contributed by atoms with van der Waals surface area (Å²) in [5.41, 5.74) is 1.06. The highest BCUT2D eigenvalue weighted by Crippen LogP contribution is 2.34. The third-order valence-electron chi connectivity index (χ3n) is 2.04. The summed E-state index contributed by atoms with van der Waals surface area (Å²) in [5, 5.41) is 11.5. The van der Waals surface area contributed by atoms with Crippen molar-refractivity contribution in [3.8, 4) is 10.4 Å². The van der Waals surface area contributed by atoms with Crippen molar-refractivity contribution in [2.75, 3.05) is 0 Å². The summed E-state index contributed by atoms with van der Waals surface area (Å²) >= 11 is 13.2. The Morgan fingerprint density at radius 3 is 2.56 bits per heavy atom. The highest BCUT2D eigenvalue weighted by Gasteiger charge is 2.10. The highest BCUT2D eigenvalue weighted by atomic mass is 35.5. The Balaban J connectivity index is 2.46. The normalized spacial score (nSPS) is 10.4. The summed E-state index contributed by atoms with van der Waals surface area (Å²) in [7, 11) is 0. The molecule has 0 atom stereocenters. The highest BCUT2D eigenvalue weighted by molar-refractivity contribution is 7.14. The van der Waals surface area contributed by atoms with Gasteiger partial charge < -0.3 is 5.11 Å². The van der Waals surface area contributed by atoms with E-state index in [1.807, 2.05) is 0 Å². The van der Waals surface area contributed by atoms with Crippen LogP contribution in [-0.4, -0.2) is 11.1 Å². The van der Waals surface area contributed by atoms with Gasteiger partial charge in [0.15, 0.2) is 0 Å². The predicted octanol–water partition coefficient (Wildman–Crippen LogP) is 4.42. The molecular weight excluding hydrogens is 267 g/mol. The molecule has 82 valence electrons. The third kappa shape index (κ3) is 2.21. The molecule has 0 bridgehead atoms. The lowest BCUT2D eigenvalue weighted by Gasteiger charge is -2.00. The first kappa shape index (κ1) is 11.5. The topological polar surface area (TPSA) is 37.3 Å². The van der Waals surface area contributed by atoms with Gasteiger partial charge in [0.05, 0.1) is 10.6 Å². The van der Waals surface area contributed by atoms with Crippen LogP contribution in [0.3, 0.4) is 0 Å². The van der Waals surface area contributed by atoms with Crippen LogP contribution < -0.4 is 0 Å². The number of benzene rings is 1. The van der Waals surface area contributed by atoms with Crippen molar-refractivity contribution in [3.05, 3.63) is 45.3 Å². The number of carboxylic acids is 1. The molecule has 1 aromatic heterocycles. The molecule has 0 aliphatic rings. The zero-order chi connectivity index (χ0) is 11.7. The maximum absolute atomic E-state index is 10.7. The van der Waals surface area contributed by atoms with E-state index in [0.717, 1.165) is 10.4 Å². The number of hydrogen-bond acceptors (Lipinski definition) is 2. The minimum Gasteiger partial charge on any atom is -0.478 e. The van der Waals surface area contributed by atoms with Crippen LogP contribution in [0, 0.1) is 0 Å². The lowest BCUT2D eigenvalue weighted by atomic mass is 10.1. The number of halogens is 2. The SMILES string of the molecule is O=C(O)c1csc(-c2ccc(Cl)cc2Cl)c1. The Morgan fingerprint density at radius 2 is 2.00 bits per heavy atom. The zero-order valence-corrected chi connectivity index (χ0v) is 10.2. The molecule has 16 heavy (non-hydrogen) atoms. The maximum Gasteiger partial charge on any atom is 0.336 e. The average Bonchev–Trinajstić information content (AvgIpc) is 2.66. The average molecular weight is 273 g/mol. The predicted molar refractivity (Wildman–Crippen MR) is 66.7 cm³/mol. The van der Waals surface area contributed by atoms with Crippen molar-refractivity contribution < 1.29 is 9.90 Å². The van der Waals surface area contributed by atoms with Crippen molar-refractivity contribution >= 4 is 40.5 Å². The molecule has 0 amide bonds. The van der Waals surface area contributed by atoms with E-state index < -0.39 is 5.97 Å². The lowest BCUT2D eigenvalue weighted by molar-refractivity contribution is 0.0697. The second-order valence-electron chi connectivity index (χ2n) is 3.13. The summed E-state index contributed by atoms with van der Waals surface area (Å²) < 4.78 is 0. The largest absolute Gasteiger partial charge is 0.478 e. The summed E-state index contributed by atoms with van der Waals surface area (Å²) in [6.45, 7) is 0. The van der Waals surface area contributed by atoms with Gasteiger partial charge in [-0.05, 0) is 18.2 Å². The summed E-state index contributed by atoms with van der Waals surface area (Å²) in [5.74, 6) is -0.937. The van der Waals surface area contributed by atoms with Gasteiger partial charge in [-0.2, -0.15) is 0 Å². The summed E-state index contributed by atoms with van der Waals surface area (Å²) in [6, 6.07) is 6.74. The third-order valence-corrected chi connectivity index (χ3v) is 3.55. The Kier molecular flexibility index (Phi) is 3.19. The summed E-state index contributed by atoms with van der Waals surface area (Å²) in [4.78, 5) is 11.6. The molecule has 0 spiro atoms. The Bertz CT molecular complexity index is 549. The molecular formula is C11H6Cl2O2S. The van der Waals surface area contributed by atoms with Gasteiger partial charge in [0.25, 0.3) is 0 Å². The van der Waals surface area contributed by atoms with Gasteiger partial charge >= 0.3 is 5.97 Å². The monoisotopic (exact) mass is 272 g/mol. The van der Waals surface area contributed by atoms with E-state index in [1.165, 1.54) is 11.3 Å². The second-order valence-corrected chi connectivity index (χ2v) is 4.88. The zero-order valence-electron chi connectivity index (χ0n) is 7.91. The second kappa shape index (κ2) is 4.45. The lowest BCUT2D eigenvalue weighted by Crippen LogP contribution is -1.91. The molecule has 2 aromatic rings. The van der Waals surface area contributed by atoms with E-state index in [2.05, 4.69) is 0 Å². The number of aromatic carboxylic acids is 1. The van der Waals surface area contributed by atoms with Crippen LogP contribution in [0.5, 0.6) is 0 Å². The fourth-order valence-electron chi connectivity index (χ4n) is 1.28. The fourth-order valence-corrected chi connectivity index (χ4v) is 2.77. The number of hydrogen-bond donors (Lipinski definition) is 1. The standard InChI is InChI=1S/C11H6Cl2O2S/c12-7-1-2-8(9(13)4-7)10-3-6(5-16-10)11(14)15/h1-5H,(H,14,15). The van der Waals surface area contributed by atoms with Gasteiger partial charge in [0.1, 0.15) is 0 Å². The van der Waals surface area contributed by atoms with Gasteiger partial charge in [-0.1, -0.05) is 29.3 Å². The Hall–Kier alpha value is -1.03. The molecule has 0 saturated carbocycles. The van der Waals surface area contributed by atoms with Crippen LogP contribution >= 0.6 is 34.5 Å². The van der Waals surface area contributed by atoms with Gasteiger partial charge in [-0.3, -0.25) is 0 Å². The first-order valence-electron chi connectivity index (χ1n) is 4.35. The van der Waals surface area contributed by atoms with Gasteiger partial charge in [0, 0.05) is 20.8 Å². The van der Waals surface area contributed by atoms with E-state index in [-0.39, 0.29) is 5.56 Å². The van der Waals surface area contributed by atoms with E-state index in [1.54, 1.807) is 29.6 Å². The molecule has 2 nitrogen and oxygen atoms in total. The van der Waals surface area contributed by atoms with Crippen LogP contribution in [0.15, 0.2) is 29.6 Å². The van der Waals surface area contributed by atoms with Crippen molar-refractivity contribution in [2.45, 2.75) is 0 Å². The van der Waals surface area contributed by atoms with Gasteiger partial charge in [-0.25, -0.2) is 4.79 Å². The molecule has 1 N–H and O–H groups in total. The van der Waals surface area contributed by atoms with Crippen LogP contribution in [0.25, 0.3) is 10.4 Å². The van der Waals surface area contributed by atoms with Gasteiger partial charge in [0.2, 0.25) is 0 Å². The quantitative estimate of drug-likeness (QED) is 0.879. The fraction of sp³-hybridized carbons (Fsp3) is 0. The maximum atomic E-state index is 10.7. The number of carboxylic acid groups (broad SMARTS) is 1. The minimum atomic E-state index is -0.937. The molecule has 0 radical (unpaired) electrons. The molecule has 0 aliphatic carbocycles. The minimum absolute atomic E-state index is 0.269. The molecule has 0 aliphatic heterocycles. The number of thiophene rings is 1. The summed E-state index contributed by atoms with van der Waals surface area (Å²) in [6.07, 6.45) is 0. The van der Waals surface area contributed by atoms with E-state index in [4.69, 9.17) is 28.3 Å². The number of rotatable bonds is 2. The van der Waals surface area contributed by atoms with Crippen LogP contribution in [0.4, 0.5) is 0 Å². The van der Waals surface area contributed by atoms with Crippen molar-refractivity contribution in [3.63, 3.8) is 0 Å². The van der Waals surface area contributed by atoms with E-state index in [0.29, 0.717) is 10.0 Å². The first-order valence-corrected chi connectivity index (χ1v) is 5.99. The van der Waals surface area contributed by atoms with Crippen LogP contribution in [0.1, 0.15) is 10.4 Å². The van der Waals surface area contributed by atoms with Crippen molar-refractivity contribution in [1.29, 1.82) is 0 Å². The van der Waals surface area contributed by atoms with Crippen LogP contribution in [0.2, 0.25) is 10.0 Å². The Labute approximate surface area is 106 Å². The van der Waals surface area contributed by atoms with E-state index >= 15 is 0 Å². The van der Waals surface area contributed by atoms with Crippen LogP contribution in [-0.2, 0) is 0 Å².